The Balaban J connectivity index is 1.85. The van der Waals surface area contributed by atoms with Gasteiger partial charge in [0.05, 0.1) is 11.6 Å². The molecule has 0 N–H and O–H groups in total. The van der Waals surface area contributed by atoms with Gasteiger partial charge in [0.1, 0.15) is 0 Å². The average Bonchev–Trinajstić information content (AvgIpc) is 3.08. The van der Waals surface area contributed by atoms with E-state index in [4.69, 9.17) is 0 Å². The number of fused-ring (bicyclic) bond motifs is 1. The summed E-state index contributed by atoms with van der Waals surface area (Å²) in [7, 11) is 0. The fourth-order valence-electron chi connectivity index (χ4n) is 3.57. The Morgan fingerprint density at radius 1 is 1.28 bits per heavy atom. The summed E-state index contributed by atoms with van der Waals surface area (Å²) in [6, 6.07) is 5.43. The van der Waals surface area contributed by atoms with Gasteiger partial charge in [0.2, 0.25) is 0 Å². The summed E-state index contributed by atoms with van der Waals surface area (Å²) >= 11 is 0. The van der Waals surface area contributed by atoms with E-state index in [1.807, 2.05) is 49.8 Å². The third-order valence-corrected chi connectivity index (χ3v) is 5.08. The highest BCUT2D eigenvalue weighted by molar-refractivity contribution is 6.32. The molecule has 158 valence electrons. The van der Waals surface area contributed by atoms with Crippen molar-refractivity contribution in [1.29, 1.82) is 0 Å². The van der Waals surface area contributed by atoms with Crippen molar-refractivity contribution in [1.82, 2.24) is 14.7 Å². The Morgan fingerprint density at radius 3 is 2.66 bits per heavy atom. The normalized spacial score (nSPS) is 20.3. The number of benzene rings is 1. The van der Waals surface area contributed by atoms with E-state index in [9.17, 15) is 22.8 Å². The van der Waals surface area contributed by atoms with Gasteiger partial charge in [-0.2, -0.15) is 18.3 Å². The molecule has 0 saturated carbocycles. The molecule has 0 radical (unpaired) electrons. The largest absolute Gasteiger partial charge is 0.449 e. The zero-order chi connectivity index (χ0) is 21.3. The number of hydrogen-bond donors (Lipinski definition) is 0. The molecule has 29 heavy (non-hydrogen) atoms. The van der Waals surface area contributed by atoms with E-state index in [-0.39, 0.29) is 18.5 Å². The van der Waals surface area contributed by atoms with E-state index in [1.54, 1.807) is 0 Å². The molecule has 2 atom stereocenters. The molecule has 2 aromatic rings. The molecular formula is C20H24F3N3O3. The second-order valence-electron chi connectivity index (χ2n) is 7.87. The Hall–Kier alpha value is -2.58. The number of esters is 1. The van der Waals surface area contributed by atoms with Gasteiger partial charge in [0, 0.05) is 24.2 Å². The number of hydrogen-bond acceptors (Lipinski definition) is 4. The molecule has 9 heteroatoms. The van der Waals surface area contributed by atoms with Crippen LogP contribution in [0.3, 0.4) is 0 Å². The molecule has 0 bridgehead atoms. The summed E-state index contributed by atoms with van der Waals surface area (Å²) in [5.74, 6) is -2.39. The van der Waals surface area contributed by atoms with E-state index in [0.29, 0.717) is 6.42 Å². The van der Waals surface area contributed by atoms with Crippen LogP contribution in [-0.4, -0.2) is 45.9 Å². The second kappa shape index (κ2) is 8.04. The van der Waals surface area contributed by atoms with Crippen LogP contribution in [0.25, 0.3) is 10.9 Å². The third-order valence-electron chi connectivity index (χ3n) is 5.08. The van der Waals surface area contributed by atoms with Gasteiger partial charge < -0.3 is 9.64 Å². The number of halogens is 3. The molecule has 2 unspecified atom stereocenters. The predicted octanol–water partition coefficient (Wildman–Crippen LogP) is 4.02. The smallest absolute Gasteiger partial charge is 0.422 e. The third kappa shape index (κ3) is 4.89. The summed E-state index contributed by atoms with van der Waals surface area (Å²) < 4.78 is 43.0. The Kier molecular flexibility index (Phi) is 5.86. The Labute approximate surface area is 166 Å². The van der Waals surface area contributed by atoms with Crippen LogP contribution in [0.15, 0.2) is 24.4 Å². The summed E-state index contributed by atoms with van der Waals surface area (Å²) in [5.41, 5.74) is 1.57. The second-order valence-corrected chi connectivity index (χ2v) is 7.87. The van der Waals surface area contributed by atoms with Crippen molar-refractivity contribution < 1.29 is 27.5 Å². The molecule has 1 fully saturated rings. The quantitative estimate of drug-likeness (QED) is 0.565. The number of amides is 1. The standard InChI is InChI=1S/C20H24F3N3O3/c1-12(2)26-10-15-6-5-14(8-16(15)24-26)17-7-4-13(3)9-25(17)18(27)19(28)29-11-20(21,22)23/h5-6,8,10,12-13,17H,4,7,9,11H2,1-3H3. The van der Waals surface area contributed by atoms with Crippen LogP contribution < -0.4 is 0 Å². The zero-order valence-corrected chi connectivity index (χ0v) is 16.6. The number of ether oxygens (including phenoxy) is 1. The maximum atomic E-state index is 12.6. The topological polar surface area (TPSA) is 64.4 Å². The fourth-order valence-corrected chi connectivity index (χ4v) is 3.57. The fraction of sp³-hybridized carbons (Fsp3) is 0.550. The minimum atomic E-state index is -4.68. The first kappa shape index (κ1) is 21.1. The SMILES string of the molecule is CC1CCC(c2ccc3cn(C(C)C)nc3c2)N(C(=O)C(=O)OCC(F)(F)F)C1. The van der Waals surface area contributed by atoms with Crippen LogP contribution in [0, 0.1) is 5.92 Å². The van der Waals surface area contributed by atoms with Crippen LogP contribution in [0.4, 0.5) is 13.2 Å². The molecule has 3 rings (SSSR count). The lowest BCUT2D eigenvalue weighted by atomic mass is 9.89. The van der Waals surface area contributed by atoms with Gasteiger partial charge in [-0.3, -0.25) is 9.48 Å². The van der Waals surface area contributed by atoms with Gasteiger partial charge in [-0.1, -0.05) is 19.1 Å². The van der Waals surface area contributed by atoms with Crippen molar-refractivity contribution in [2.45, 2.75) is 51.9 Å². The van der Waals surface area contributed by atoms with E-state index in [2.05, 4.69) is 9.84 Å². The van der Waals surface area contributed by atoms with Crippen LogP contribution >= 0.6 is 0 Å². The van der Waals surface area contributed by atoms with Crippen LogP contribution in [-0.2, 0) is 14.3 Å². The van der Waals surface area contributed by atoms with Crippen LogP contribution in [0.5, 0.6) is 0 Å². The van der Waals surface area contributed by atoms with E-state index < -0.39 is 30.7 Å². The number of carbonyl (C=O) groups excluding carboxylic acids is 2. The van der Waals surface area contributed by atoms with Gasteiger partial charge in [0.15, 0.2) is 6.61 Å². The van der Waals surface area contributed by atoms with Gasteiger partial charge in [-0.15, -0.1) is 0 Å². The molecule has 1 aliphatic heterocycles. The van der Waals surface area contributed by atoms with Crippen molar-refractivity contribution in [3.05, 3.63) is 30.0 Å². The molecule has 1 amide bonds. The highest BCUT2D eigenvalue weighted by Gasteiger charge is 2.37. The monoisotopic (exact) mass is 411 g/mol. The minimum absolute atomic E-state index is 0.134. The number of rotatable bonds is 3. The van der Waals surface area contributed by atoms with Crippen molar-refractivity contribution in [3.8, 4) is 0 Å². The number of aromatic nitrogens is 2. The Morgan fingerprint density at radius 2 is 2.00 bits per heavy atom. The predicted molar refractivity (Wildman–Crippen MR) is 100.0 cm³/mol. The first-order chi connectivity index (χ1) is 13.5. The first-order valence-corrected chi connectivity index (χ1v) is 9.58. The average molecular weight is 411 g/mol. The molecule has 1 saturated heterocycles. The van der Waals surface area contributed by atoms with Crippen LogP contribution in [0.2, 0.25) is 0 Å². The van der Waals surface area contributed by atoms with Crippen molar-refractivity contribution in [2.75, 3.05) is 13.2 Å². The number of likely N-dealkylation sites (tertiary alicyclic amines) is 1. The first-order valence-electron chi connectivity index (χ1n) is 9.58. The lowest BCUT2D eigenvalue weighted by molar-refractivity contribution is -0.190. The highest BCUT2D eigenvalue weighted by Crippen LogP contribution is 2.35. The molecule has 0 spiro atoms. The molecule has 1 aliphatic rings. The van der Waals surface area contributed by atoms with Gasteiger partial charge >= 0.3 is 18.1 Å². The van der Waals surface area contributed by atoms with Gasteiger partial charge in [-0.05, 0) is 44.2 Å². The lowest BCUT2D eigenvalue weighted by Gasteiger charge is -2.38. The number of piperidine rings is 1. The maximum absolute atomic E-state index is 12.6. The summed E-state index contributed by atoms with van der Waals surface area (Å²) in [4.78, 5) is 25.8. The van der Waals surface area contributed by atoms with Crippen molar-refractivity contribution in [2.24, 2.45) is 5.92 Å². The van der Waals surface area contributed by atoms with E-state index in [0.717, 1.165) is 22.9 Å². The van der Waals surface area contributed by atoms with Gasteiger partial charge in [0.25, 0.3) is 0 Å². The molecule has 6 nitrogen and oxygen atoms in total. The van der Waals surface area contributed by atoms with Gasteiger partial charge in [-0.25, -0.2) is 4.79 Å². The molecule has 1 aromatic carbocycles. The molecule has 0 aliphatic carbocycles. The molecule has 1 aromatic heterocycles. The number of carbonyl (C=O) groups is 2. The summed E-state index contributed by atoms with van der Waals surface area (Å²) in [6.07, 6.45) is -1.30. The van der Waals surface area contributed by atoms with Crippen LogP contribution in [0.1, 0.15) is 51.3 Å². The van der Waals surface area contributed by atoms with E-state index in [1.165, 1.54) is 4.90 Å². The minimum Gasteiger partial charge on any atom is -0.449 e. The summed E-state index contributed by atoms with van der Waals surface area (Å²) in [5, 5.41) is 5.49. The number of nitrogens with zero attached hydrogens (tertiary/aromatic N) is 3. The van der Waals surface area contributed by atoms with E-state index >= 15 is 0 Å². The zero-order valence-electron chi connectivity index (χ0n) is 16.6. The van der Waals surface area contributed by atoms with Crippen molar-refractivity contribution >= 4 is 22.8 Å². The highest BCUT2D eigenvalue weighted by atomic mass is 19.4. The Bertz CT molecular complexity index is 907. The maximum Gasteiger partial charge on any atom is 0.422 e. The molecule has 2 heterocycles. The summed E-state index contributed by atoms with van der Waals surface area (Å²) in [6.45, 7) is 4.48. The lowest BCUT2D eigenvalue weighted by Crippen LogP contribution is -2.45. The molecular weight excluding hydrogens is 387 g/mol. The number of alkyl halides is 3. The van der Waals surface area contributed by atoms with Crippen molar-refractivity contribution in [3.63, 3.8) is 0 Å².